The van der Waals surface area contributed by atoms with Gasteiger partial charge in [-0.05, 0) is 31.5 Å². The molecule has 0 bridgehead atoms. The van der Waals surface area contributed by atoms with Crippen LogP contribution in [0.15, 0.2) is 24.3 Å². The molecule has 0 spiro atoms. The van der Waals surface area contributed by atoms with E-state index in [1.54, 1.807) is 26.2 Å². The van der Waals surface area contributed by atoms with Crippen LogP contribution in [0.2, 0.25) is 0 Å². The molecule has 2 unspecified atom stereocenters. The number of benzene rings is 1. The smallest absolute Gasteiger partial charge is 0.123 e. The molecule has 0 saturated carbocycles. The lowest BCUT2D eigenvalue weighted by Crippen LogP contribution is -2.40. The van der Waals surface area contributed by atoms with E-state index >= 15 is 0 Å². The second-order valence-electron chi connectivity index (χ2n) is 4.04. The van der Waals surface area contributed by atoms with Gasteiger partial charge in [0.2, 0.25) is 0 Å². The minimum atomic E-state index is -0.938. The van der Waals surface area contributed by atoms with Crippen molar-refractivity contribution in [2.45, 2.75) is 32.0 Å². The van der Waals surface area contributed by atoms with Gasteiger partial charge in [-0.15, -0.1) is 0 Å². The van der Waals surface area contributed by atoms with Crippen LogP contribution in [0.5, 0.6) is 0 Å². The number of halogens is 1. The van der Waals surface area contributed by atoms with E-state index in [2.05, 4.69) is 0 Å². The molecule has 0 aliphatic heterocycles. The van der Waals surface area contributed by atoms with Gasteiger partial charge in [0.1, 0.15) is 5.82 Å². The van der Waals surface area contributed by atoms with Crippen LogP contribution in [-0.2, 0) is 11.2 Å². The normalized spacial score (nSPS) is 17.1. The molecule has 1 aromatic carbocycles. The Morgan fingerprint density at radius 1 is 1.40 bits per heavy atom. The Labute approximate surface area is 89.7 Å². The summed E-state index contributed by atoms with van der Waals surface area (Å²) >= 11 is 0. The Hall–Kier alpha value is -0.930. The van der Waals surface area contributed by atoms with Gasteiger partial charge in [-0.2, -0.15) is 0 Å². The minimum Gasteiger partial charge on any atom is -0.387 e. The van der Waals surface area contributed by atoms with Gasteiger partial charge in [0.05, 0.1) is 11.7 Å². The van der Waals surface area contributed by atoms with E-state index in [1.165, 1.54) is 12.1 Å². The highest BCUT2D eigenvalue weighted by atomic mass is 19.1. The highest BCUT2D eigenvalue weighted by Crippen LogP contribution is 2.19. The molecule has 0 radical (unpaired) electrons. The molecule has 1 aromatic rings. The summed E-state index contributed by atoms with van der Waals surface area (Å²) in [5.74, 6) is -0.266. The third-order valence-electron chi connectivity index (χ3n) is 2.70. The van der Waals surface area contributed by atoms with Gasteiger partial charge in [-0.3, -0.25) is 0 Å². The molecule has 2 nitrogen and oxygen atoms in total. The molecule has 84 valence electrons. The highest BCUT2D eigenvalue weighted by Gasteiger charge is 2.28. The van der Waals surface area contributed by atoms with E-state index in [4.69, 9.17) is 4.74 Å². The molecule has 1 rings (SSSR count). The standard InChI is InChI=1S/C12H17FO2/c1-9(15-3)12(2,14)8-10-4-6-11(13)7-5-10/h4-7,9,14H,8H2,1-3H3. The summed E-state index contributed by atoms with van der Waals surface area (Å²) in [6.07, 6.45) is 0.185. The third-order valence-corrected chi connectivity index (χ3v) is 2.70. The number of ether oxygens (including phenoxy) is 1. The van der Waals surface area contributed by atoms with Crippen molar-refractivity contribution in [1.82, 2.24) is 0 Å². The predicted octanol–water partition coefficient (Wildman–Crippen LogP) is 2.15. The lowest BCUT2D eigenvalue weighted by atomic mass is 9.92. The molecule has 0 fully saturated rings. The largest absolute Gasteiger partial charge is 0.387 e. The van der Waals surface area contributed by atoms with Crippen molar-refractivity contribution < 1.29 is 14.2 Å². The first-order chi connectivity index (χ1) is 6.95. The van der Waals surface area contributed by atoms with Crippen LogP contribution in [0.1, 0.15) is 19.4 Å². The molecule has 3 heteroatoms. The maximum atomic E-state index is 12.7. The molecule has 0 heterocycles. The average molecular weight is 212 g/mol. The van der Waals surface area contributed by atoms with Crippen LogP contribution >= 0.6 is 0 Å². The maximum absolute atomic E-state index is 12.7. The molecule has 0 amide bonds. The topological polar surface area (TPSA) is 29.5 Å². The van der Waals surface area contributed by atoms with Crippen LogP contribution in [0.4, 0.5) is 4.39 Å². The Morgan fingerprint density at radius 3 is 2.40 bits per heavy atom. The zero-order valence-corrected chi connectivity index (χ0v) is 9.33. The van der Waals surface area contributed by atoms with Gasteiger partial charge in [-0.25, -0.2) is 4.39 Å². The van der Waals surface area contributed by atoms with E-state index in [9.17, 15) is 9.50 Å². The molecule has 0 aliphatic carbocycles. The number of rotatable bonds is 4. The summed E-state index contributed by atoms with van der Waals surface area (Å²) in [7, 11) is 1.56. The van der Waals surface area contributed by atoms with E-state index in [0.717, 1.165) is 5.56 Å². The quantitative estimate of drug-likeness (QED) is 0.828. The predicted molar refractivity (Wildman–Crippen MR) is 57.2 cm³/mol. The van der Waals surface area contributed by atoms with Crippen molar-refractivity contribution in [3.8, 4) is 0 Å². The lowest BCUT2D eigenvalue weighted by molar-refractivity contribution is -0.0715. The highest BCUT2D eigenvalue weighted by molar-refractivity contribution is 5.18. The third kappa shape index (κ3) is 3.29. The second kappa shape index (κ2) is 4.73. The Balaban J connectivity index is 2.72. The summed E-state index contributed by atoms with van der Waals surface area (Å²) in [6.45, 7) is 3.52. The first-order valence-electron chi connectivity index (χ1n) is 4.95. The molecule has 0 aromatic heterocycles. The fourth-order valence-electron chi connectivity index (χ4n) is 1.41. The summed E-state index contributed by atoms with van der Waals surface area (Å²) < 4.78 is 17.7. The van der Waals surface area contributed by atoms with E-state index in [1.807, 2.05) is 6.92 Å². The first-order valence-corrected chi connectivity index (χ1v) is 4.95. The summed E-state index contributed by atoms with van der Waals surface area (Å²) in [6, 6.07) is 6.13. The van der Waals surface area contributed by atoms with E-state index in [0.29, 0.717) is 6.42 Å². The maximum Gasteiger partial charge on any atom is 0.123 e. The molecule has 0 aliphatic rings. The molecule has 0 saturated heterocycles. The van der Waals surface area contributed by atoms with Crippen molar-refractivity contribution in [3.63, 3.8) is 0 Å². The van der Waals surface area contributed by atoms with Crippen molar-refractivity contribution in [1.29, 1.82) is 0 Å². The van der Waals surface area contributed by atoms with Gasteiger partial charge < -0.3 is 9.84 Å². The number of hydrogen-bond donors (Lipinski definition) is 1. The lowest BCUT2D eigenvalue weighted by Gasteiger charge is -2.29. The van der Waals surface area contributed by atoms with Gasteiger partial charge >= 0.3 is 0 Å². The molecular formula is C12H17FO2. The van der Waals surface area contributed by atoms with Gasteiger partial charge in [0, 0.05) is 13.5 Å². The molecule has 1 N–H and O–H groups in total. The average Bonchev–Trinajstić information content (AvgIpc) is 2.20. The van der Waals surface area contributed by atoms with Crippen molar-refractivity contribution >= 4 is 0 Å². The van der Waals surface area contributed by atoms with Crippen LogP contribution in [0, 0.1) is 5.82 Å². The molecule has 2 atom stereocenters. The van der Waals surface area contributed by atoms with Crippen LogP contribution in [-0.4, -0.2) is 23.9 Å². The second-order valence-corrected chi connectivity index (χ2v) is 4.04. The number of hydrogen-bond acceptors (Lipinski definition) is 2. The Kier molecular flexibility index (Phi) is 3.83. The monoisotopic (exact) mass is 212 g/mol. The zero-order valence-electron chi connectivity index (χ0n) is 9.33. The number of aliphatic hydroxyl groups is 1. The van der Waals surface area contributed by atoms with E-state index in [-0.39, 0.29) is 11.9 Å². The van der Waals surface area contributed by atoms with Gasteiger partial charge in [-0.1, -0.05) is 12.1 Å². The minimum absolute atomic E-state index is 0.262. The Morgan fingerprint density at radius 2 is 1.93 bits per heavy atom. The Bertz CT molecular complexity index is 306. The summed E-state index contributed by atoms with van der Waals surface area (Å²) in [5, 5.41) is 10.1. The SMILES string of the molecule is COC(C)C(C)(O)Cc1ccc(F)cc1. The van der Waals surface area contributed by atoms with Crippen molar-refractivity contribution in [2.75, 3.05) is 7.11 Å². The van der Waals surface area contributed by atoms with Crippen molar-refractivity contribution in [2.24, 2.45) is 0 Å². The van der Waals surface area contributed by atoms with Crippen LogP contribution < -0.4 is 0 Å². The summed E-state index contributed by atoms with van der Waals surface area (Å²) in [4.78, 5) is 0. The fourth-order valence-corrected chi connectivity index (χ4v) is 1.41. The van der Waals surface area contributed by atoms with Crippen LogP contribution in [0.25, 0.3) is 0 Å². The van der Waals surface area contributed by atoms with Gasteiger partial charge in [0.25, 0.3) is 0 Å². The van der Waals surface area contributed by atoms with Gasteiger partial charge in [0.15, 0.2) is 0 Å². The first kappa shape index (κ1) is 12.1. The fraction of sp³-hybridized carbons (Fsp3) is 0.500. The summed E-state index contributed by atoms with van der Waals surface area (Å²) in [5.41, 5.74) is -0.0441. The molecular weight excluding hydrogens is 195 g/mol. The molecule has 15 heavy (non-hydrogen) atoms. The van der Waals surface area contributed by atoms with Crippen molar-refractivity contribution in [3.05, 3.63) is 35.6 Å². The van der Waals surface area contributed by atoms with E-state index < -0.39 is 5.60 Å². The zero-order chi connectivity index (χ0) is 11.5. The van der Waals surface area contributed by atoms with Crippen LogP contribution in [0.3, 0.4) is 0 Å². The number of methoxy groups -OCH3 is 1.